The molecule has 0 bridgehead atoms. The molecule has 2 rings (SSSR count). The average Bonchev–Trinajstić information content (AvgIpc) is 2.53. The largest absolute Gasteiger partial charge is 0.331 e. The Morgan fingerprint density at radius 1 is 0.913 bits per heavy atom. The molecular formula is C18H21N3OS. The number of hydrogen-bond donors (Lipinski definition) is 3. The molecule has 0 radical (unpaired) electrons. The van der Waals surface area contributed by atoms with Crippen LogP contribution in [-0.4, -0.2) is 11.0 Å². The summed E-state index contributed by atoms with van der Waals surface area (Å²) in [6, 6.07) is 17.1. The van der Waals surface area contributed by atoms with Crippen molar-refractivity contribution in [3.8, 4) is 0 Å². The van der Waals surface area contributed by atoms with E-state index >= 15 is 0 Å². The summed E-state index contributed by atoms with van der Waals surface area (Å²) in [5.41, 5.74) is 7.96. The van der Waals surface area contributed by atoms with Gasteiger partial charge in [0.25, 0.3) is 5.91 Å². The molecule has 0 saturated carbocycles. The Morgan fingerprint density at radius 3 is 2.09 bits per heavy atom. The number of benzene rings is 2. The monoisotopic (exact) mass is 327 g/mol. The van der Waals surface area contributed by atoms with E-state index in [4.69, 9.17) is 12.2 Å². The van der Waals surface area contributed by atoms with Crippen molar-refractivity contribution in [2.75, 3.05) is 5.32 Å². The lowest BCUT2D eigenvalue weighted by Gasteiger charge is -2.19. The molecule has 0 fully saturated rings. The Bertz CT molecular complexity index is 676. The van der Waals surface area contributed by atoms with Crippen molar-refractivity contribution >= 4 is 28.9 Å². The molecule has 0 spiro atoms. The van der Waals surface area contributed by atoms with Gasteiger partial charge >= 0.3 is 0 Å². The topological polar surface area (TPSA) is 53.2 Å². The minimum Gasteiger partial charge on any atom is -0.331 e. The third-order valence-electron chi connectivity index (χ3n) is 3.33. The number of amides is 1. The average molecular weight is 327 g/mol. The van der Waals surface area contributed by atoms with E-state index in [-0.39, 0.29) is 11.3 Å². The Hall–Kier alpha value is -2.40. The summed E-state index contributed by atoms with van der Waals surface area (Å²) >= 11 is 5.14. The fourth-order valence-corrected chi connectivity index (χ4v) is 2.16. The second-order valence-corrected chi connectivity index (χ2v) is 6.63. The summed E-state index contributed by atoms with van der Waals surface area (Å²) in [5, 5.41) is 3.31. The van der Waals surface area contributed by atoms with Crippen molar-refractivity contribution in [1.82, 2.24) is 10.9 Å². The summed E-state index contributed by atoms with van der Waals surface area (Å²) in [5.74, 6) is -0.234. The van der Waals surface area contributed by atoms with Crippen molar-refractivity contribution in [3.63, 3.8) is 0 Å². The van der Waals surface area contributed by atoms with E-state index in [0.29, 0.717) is 10.7 Å². The molecule has 2 aromatic rings. The zero-order valence-corrected chi connectivity index (χ0v) is 14.3. The normalized spacial score (nSPS) is 10.7. The lowest BCUT2D eigenvalue weighted by atomic mass is 9.87. The van der Waals surface area contributed by atoms with Crippen LogP contribution in [0.25, 0.3) is 0 Å². The van der Waals surface area contributed by atoms with Gasteiger partial charge in [0.1, 0.15) is 0 Å². The summed E-state index contributed by atoms with van der Waals surface area (Å²) in [6.07, 6.45) is 0. The smallest absolute Gasteiger partial charge is 0.269 e. The molecular weight excluding hydrogens is 306 g/mol. The molecule has 2 aromatic carbocycles. The first kappa shape index (κ1) is 17.0. The molecule has 0 aliphatic heterocycles. The molecule has 0 heterocycles. The number of thiocarbonyl (C=S) groups is 1. The second-order valence-electron chi connectivity index (χ2n) is 6.23. The molecule has 0 aliphatic rings. The fourth-order valence-electron chi connectivity index (χ4n) is 1.99. The summed E-state index contributed by atoms with van der Waals surface area (Å²) in [7, 11) is 0. The predicted octanol–water partition coefficient (Wildman–Crippen LogP) is 3.62. The van der Waals surface area contributed by atoms with E-state index in [9.17, 15) is 4.79 Å². The van der Waals surface area contributed by atoms with Gasteiger partial charge in [0.15, 0.2) is 5.11 Å². The number of hydrogen-bond acceptors (Lipinski definition) is 2. The number of anilines is 1. The molecule has 0 saturated heterocycles. The zero-order chi connectivity index (χ0) is 16.9. The predicted molar refractivity (Wildman–Crippen MR) is 98.4 cm³/mol. The third kappa shape index (κ3) is 5.07. The minimum atomic E-state index is -0.234. The van der Waals surface area contributed by atoms with Crippen LogP contribution in [0.5, 0.6) is 0 Å². The first-order chi connectivity index (χ1) is 10.9. The Labute approximate surface area is 142 Å². The quantitative estimate of drug-likeness (QED) is 0.582. The third-order valence-corrected chi connectivity index (χ3v) is 3.54. The number of nitrogens with one attached hydrogen (secondary N) is 3. The lowest BCUT2D eigenvalue weighted by Crippen LogP contribution is -2.43. The SMILES string of the molecule is CC(C)(C)c1ccc(C(=O)NNC(=S)Nc2ccccc2)cc1. The van der Waals surface area contributed by atoms with Crippen LogP contribution in [0.1, 0.15) is 36.7 Å². The fraction of sp³-hybridized carbons (Fsp3) is 0.222. The van der Waals surface area contributed by atoms with Gasteiger partial charge < -0.3 is 5.32 Å². The van der Waals surface area contributed by atoms with E-state index in [1.807, 2.05) is 54.6 Å². The standard InChI is InChI=1S/C18H21N3OS/c1-18(2,3)14-11-9-13(10-12-14)16(22)20-21-17(23)19-15-7-5-4-6-8-15/h4-12H,1-3H3,(H,20,22)(H2,19,21,23). The number of carbonyl (C=O) groups excluding carboxylic acids is 1. The van der Waals surface area contributed by atoms with E-state index in [2.05, 4.69) is 36.9 Å². The first-order valence-corrected chi connectivity index (χ1v) is 7.80. The van der Waals surface area contributed by atoms with Crippen LogP contribution in [-0.2, 0) is 5.41 Å². The van der Waals surface area contributed by atoms with Gasteiger partial charge in [-0.3, -0.25) is 15.6 Å². The van der Waals surface area contributed by atoms with E-state index < -0.39 is 0 Å². The Kier molecular flexibility index (Phi) is 5.34. The highest BCUT2D eigenvalue weighted by Gasteiger charge is 2.14. The van der Waals surface area contributed by atoms with Crippen molar-refractivity contribution in [2.24, 2.45) is 0 Å². The molecule has 120 valence electrons. The number of carbonyl (C=O) groups is 1. The highest BCUT2D eigenvalue weighted by Crippen LogP contribution is 2.22. The second kappa shape index (κ2) is 7.24. The maximum Gasteiger partial charge on any atom is 0.269 e. The van der Waals surface area contributed by atoms with Crippen LogP contribution < -0.4 is 16.2 Å². The van der Waals surface area contributed by atoms with Crippen molar-refractivity contribution in [2.45, 2.75) is 26.2 Å². The Morgan fingerprint density at radius 2 is 1.52 bits per heavy atom. The lowest BCUT2D eigenvalue weighted by molar-refractivity contribution is 0.0944. The number of para-hydroxylation sites is 1. The van der Waals surface area contributed by atoms with Gasteiger partial charge in [0, 0.05) is 11.3 Å². The maximum atomic E-state index is 12.1. The van der Waals surface area contributed by atoms with Crippen LogP contribution in [0.15, 0.2) is 54.6 Å². The van der Waals surface area contributed by atoms with Gasteiger partial charge in [-0.15, -0.1) is 0 Å². The Balaban J connectivity index is 1.88. The molecule has 23 heavy (non-hydrogen) atoms. The number of hydrazine groups is 1. The van der Waals surface area contributed by atoms with Crippen LogP contribution >= 0.6 is 12.2 Å². The maximum absolute atomic E-state index is 12.1. The molecule has 1 amide bonds. The molecule has 5 heteroatoms. The van der Waals surface area contributed by atoms with Gasteiger partial charge in [0.2, 0.25) is 0 Å². The van der Waals surface area contributed by atoms with Crippen LogP contribution in [0, 0.1) is 0 Å². The highest BCUT2D eigenvalue weighted by atomic mass is 32.1. The van der Waals surface area contributed by atoms with Crippen molar-refractivity contribution < 1.29 is 4.79 Å². The summed E-state index contributed by atoms with van der Waals surface area (Å²) < 4.78 is 0. The minimum absolute atomic E-state index is 0.0639. The number of rotatable bonds is 2. The van der Waals surface area contributed by atoms with Crippen LogP contribution in [0.4, 0.5) is 5.69 Å². The summed E-state index contributed by atoms with van der Waals surface area (Å²) in [6.45, 7) is 6.41. The van der Waals surface area contributed by atoms with E-state index in [0.717, 1.165) is 5.69 Å². The van der Waals surface area contributed by atoms with Crippen LogP contribution in [0.3, 0.4) is 0 Å². The highest BCUT2D eigenvalue weighted by molar-refractivity contribution is 7.80. The molecule has 0 aromatic heterocycles. The zero-order valence-electron chi connectivity index (χ0n) is 13.5. The molecule has 0 aliphatic carbocycles. The molecule has 0 unspecified atom stereocenters. The van der Waals surface area contributed by atoms with Gasteiger partial charge in [-0.2, -0.15) is 0 Å². The van der Waals surface area contributed by atoms with Crippen molar-refractivity contribution in [1.29, 1.82) is 0 Å². The van der Waals surface area contributed by atoms with E-state index in [1.54, 1.807) is 0 Å². The van der Waals surface area contributed by atoms with Gasteiger partial charge in [-0.05, 0) is 47.5 Å². The molecule has 0 atom stereocenters. The van der Waals surface area contributed by atoms with Gasteiger partial charge in [-0.25, -0.2) is 0 Å². The van der Waals surface area contributed by atoms with Crippen molar-refractivity contribution in [3.05, 3.63) is 65.7 Å². The molecule has 3 N–H and O–H groups in total. The summed E-state index contributed by atoms with van der Waals surface area (Å²) in [4.78, 5) is 12.1. The molecule has 4 nitrogen and oxygen atoms in total. The van der Waals surface area contributed by atoms with E-state index in [1.165, 1.54) is 5.56 Å². The van der Waals surface area contributed by atoms with Crippen LogP contribution in [0.2, 0.25) is 0 Å². The van der Waals surface area contributed by atoms with Gasteiger partial charge in [-0.1, -0.05) is 51.1 Å². The van der Waals surface area contributed by atoms with Gasteiger partial charge in [0.05, 0.1) is 0 Å². The first-order valence-electron chi connectivity index (χ1n) is 7.39.